The second-order valence-corrected chi connectivity index (χ2v) is 8.46. The van der Waals surface area contributed by atoms with Crippen LogP contribution in [0.25, 0.3) is 17.1 Å². The van der Waals surface area contributed by atoms with E-state index in [2.05, 4.69) is 26.6 Å². The van der Waals surface area contributed by atoms with Crippen molar-refractivity contribution in [2.45, 2.75) is 19.0 Å². The molecule has 0 aliphatic rings. The van der Waals surface area contributed by atoms with Crippen LogP contribution < -0.4 is 5.32 Å². The highest BCUT2D eigenvalue weighted by atomic mass is 32.2. The first-order valence-electron chi connectivity index (χ1n) is 9.16. The number of phenolic OH excluding ortho intramolecular Hbond substituents is 1. The van der Waals surface area contributed by atoms with Crippen LogP contribution in [0, 0.1) is 13.8 Å². The number of aryl methyl sites for hydroxylation is 2. The number of benzene rings is 2. The van der Waals surface area contributed by atoms with Gasteiger partial charge in [-0.05, 0) is 37.6 Å². The van der Waals surface area contributed by atoms with E-state index in [9.17, 15) is 9.90 Å². The summed E-state index contributed by atoms with van der Waals surface area (Å²) in [5, 5.41) is 24.7. The van der Waals surface area contributed by atoms with Crippen LogP contribution in [0.15, 0.2) is 59.2 Å². The van der Waals surface area contributed by atoms with Crippen LogP contribution in [0.3, 0.4) is 0 Å². The van der Waals surface area contributed by atoms with Gasteiger partial charge in [0.15, 0.2) is 16.1 Å². The molecule has 0 aliphatic heterocycles. The highest BCUT2D eigenvalue weighted by Crippen LogP contribution is 2.33. The normalized spacial score (nSPS) is 10.9. The number of para-hydroxylation sites is 1. The number of aromatic hydroxyl groups is 1. The molecule has 2 aromatic carbocycles. The topological polar surface area (TPSA) is 92.9 Å². The molecule has 0 saturated carbocycles. The van der Waals surface area contributed by atoms with Gasteiger partial charge in [0.25, 0.3) is 0 Å². The molecular formula is C21H19N5O2S2. The third kappa shape index (κ3) is 4.22. The van der Waals surface area contributed by atoms with Gasteiger partial charge in [0.1, 0.15) is 5.75 Å². The van der Waals surface area contributed by atoms with Crippen molar-refractivity contribution in [3.63, 3.8) is 0 Å². The van der Waals surface area contributed by atoms with Gasteiger partial charge in [-0.25, -0.2) is 4.98 Å². The summed E-state index contributed by atoms with van der Waals surface area (Å²) in [4.78, 5) is 16.4. The van der Waals surface area contributed by atoms with Crippen molar-refractivity contribution in [1.82, 2.24) is 19.7 Å². The Morgan fingerprint density at radius 3 is 2.77 bits per heavy atom. The number of nitrogens with zero attached hydrogens (tertiary/aromatic N) is 4. The van der Waals surface area contributed by atoms with Crippen LogP contribution in [0.4, 0.5) is 5.13 Å². The standard InChI is InChI=1S/C21H19N5O2S2/c1-13-7-8-16(14(2)11-13)26-19(15-5-3-4-6-17(15)27)24-25-21(26)30-12-18(28)23-20-22-9-10-29-20/h3-11,27H,12H2,1-2H3,(H,22,23,28). The molecule has 0 unspecified atom stereocenters. The average molecular weight is 438 g/mol. The molecule has 4 aromatic rings. The number of rotatable bonds is 6. The average Bonchev–Trinajstić information content (AvgIpc) is 3.37. The number of phenols is 1. The van der Waals surface area contributed by atoms with Crippen LogP contribution in [-0.4, -0.2) is 36.5 Å². The molecule has 0 fully saturated rings. The van der Waals surface area contributed by atoms with E-state index < -0.39 is 0 Å². The summed E-state index contributed by atoms with van der Waals surface area (Å²) in [6.07, 6.45) is 1.64. The van der Waals surface area contributed by atoms with Crippen molar-refractivity contribution in [2.75, 3.05) is 11.1 Å². The summed E-state index contributed by atoms with van der Waals surface area (Å²) in [5.74, 6) is 0.620. The quantitative estimate of drug-likeness (QED) is 0.433. The van der Waals surface area contributed by atoms with Crippen molar-refractivity contribution in [3.05, 3.63) is 65.2 Å². The molecule has 0 saturated heterocycles. The lowest BCUT2D eigenvalue weighted by Gasteiger charge is -2.14. The van der Waals surface area contributed by atoms with Crippen molar-refractivity contribution >= 4 is 34.1 Å². The highest BCUT2D eigenvalue weighted by molar-refractivity contribution is 7.99. The van der Waals surface area contributed by atoms with Crippen LogP contribution in [-0.2, 0) is 4.79 Å². The molecule has 2 aromatic heterocycles. The number of thiazole rings is 1. The van der Waals surface area contributed by atoms with E-state index in [0.717, 1.165) is 16.8 Å². The molecule has 0 atom stereocenters. The number of amides is 1. The van der Waals surface area contributed by atoms with Crippen molar-refractivity contribution in [3.8, 4) is 22.8 Å². The van der Waals surface area contributed by atoms with E-state index in [4.69, 9.17) is 0 Å². The number of nitrogens with one attached hydrogen (secondary N) is 1. The molecule has 30 heavy (non-hydrogen) atoms. The maximum absolute atomic E-state index is 12.3. The third-order valence-electron chi connectivity index (χ3n) is 4.38. The van der Waals surface area contributed by atoms with Gasteiger partial charge in [0.05, 0.1) is 17.0 Å². The van der Waals surface area contributed by atoms with Crippen LogP contribution in [0.5, 0.6) is 5.75 Å². The van der Waals surface area contributed by atoms with Crippen molar-refractivity contribution in [2.24, 2.45) is 0 Å². The van der Waals surface area contributed by atoms with E-state index in [1.165, 1.54) is 23.1 Å². The molecule has 9 heteroatoms. The van der Waals surface area contributed by atoms with E-state index in [0.29, 0.717) is 21.7 Å². The molecule has 2 N–H and O–H groups in total. The van der Waals surface area contributed by atoms with E-state index in [1.54, 1.807) is 29.8 Å². The van der Waals surface area contributed by atoms with Gasteiger partial charge >= 0.3 is 0 Å². The number of thioether (sulfide) groups is 1. The molecule has 1 amide bonds. The predicted molar refractivity (Wildman–Crippen MR) is 119 cm³/mol. The Bertz CT molecular complexity index is 1190. The second-order valence-electron chi connectivity index (χ2n) is 6.62. The van der Waals surface area contributed by atoms with Gasteiger partial charge in [-0.15, -0.1) is 21.5 Å². The Labute approximate surface area is 181 Å². The summed E-state index contributed by atoms with van der Waals surface area (Å²) >= 11 is 2.64. The first kappa shape index (κ1) is 20.1. The Kier molecular flexibility index (Phi) is 5.82. The first-order chi connectivity index (χ1) is 14.5. The predicted octanol–water partition coefficient (Wildman–Crippen LogP) is 4.44. The van der Waals surface area contributed by atoms with E-state index in [-0.39, 0.29) is 17.4 Å². The molecule has 4 rings (SSSR count). The molecule has 0 aliphatic carbocycles. The third-order valence-corrected chi connectivity index (χ3v) is 6.00. The highest BCUT2D eigenvalue weighted by Gasteiger charge is 2.20. The van der Waals surface area contributed by atoms with Crippen LogP contribution in [0.1, 0.15) is 11.1 Å². The van der Waals surface area contributed by atoms with Crippen molar-refractivity contribution < 1.29 is 9.90 Å². The van der Waals surface area contributed by atoms with Crippen LogP contribution >= 0.6 is 23.1 Å². The molecule has 0 radical (unpaired) electrons. The SMILES string of the molecule is Cc1ccc(-n2c(SCC(=O)Nc3nccs3)nnc2-c2ccccc2O)c(C)c1. The fraction of sp³-hybridized carbons (Fsp3) is 0.143. The van der Waals surface area contributed by atoms with Gasteiger partial charge in [0, 0.05) is 11.6 Å². The Morgan fingerprint density at radius 1 is 1.20 bits per heavy atom. The number of hydrogen-bond donors (Lipinski definition) is 2. The molecule has 0 spiro atoms. The molecule has 7 nitrogen and oxygen atoms in total. The molecule has 152 valence electrons. The number of carbonyl (C=O) groups is 1. The largest absolute Gasteiger partial charge is 0.507 e. The number of carbonyl (C=O) groups excluding carboxylic acids is 1. The number of anilines is 1. The fourth-order valence-electron chi connectivity index (χ4n) is 3.04. The number of hydrogen-bond acceptors (Lipinski definition) is 7. The van der Waals surface area contributed by atoms with Gasteiger partial charge in [-0.2, -0.15) is 0 Å². The van der Waals surface area contributed by atoms with E-state index >= 15 is 0 Å². The molecular weight excluding hydrogens is 418 g/mol. The summed E-state index contributed by atoms with van der Waals surface area (Å²) in [7, 11) is 0. The van der Waals surface area contributed by atoms with Crippen LogP contribution in [0.2, 0.25) is 0 Å². The van der Waals surface area contributed by atoms with Gasteiger partial charge in [-0.1, -0.05) is 41.6 Å². The van der Waals surface area contributed by atoms with Crippen molar-refractivity contribution in [1.29, 1.82) is 0 Å². The minimum atomic E-state index is -0.172. The van der Waals surface area contributed by atoms with Gasteiger partial charge in [-0.3, -0.25) is 9.36 Å². The van der Waals surface area contributed by atoms with Gasteiger partial charge < -0.3 is 10.4 Å². The summed E-state index contributed by atoms with van der Waals surface area (Å²) in [6.45, 7) is 4.05. The zero-order valence-corrected chi connectivity index (χ0v) is 18.0. The van der Waals surface area contributed by atoms with Gasteiger partial charge in [0.2, 0.25) is 5.91 Å². The smallest absolute Gasteiger partial charge is 0.236 e. The zero-order valence-electron chi connectivity index (χ0n) is 16.4. The lowest BCUT2D eigenvalue weighted by atomic mass is 10.1. The first-order valence-corrected chi connectivity index (χ1v) is 11.0. The fourth-order valence-corrected chi connectivity index (χ4v) is 4.33. The number of aromatic nitrogens is 4. The molecule has 2 heterocycles. The maximum atomic E-state index is 12.3. The second kappa shape index (κ2) is 8.68. The zero-order chi connectivity index (χ0) is 21.1. The lowest BCUT2D eigenvalue weighted by molar-refractivity contribution is -0.113. The minimum absolute atomic E-state index is 0.119. The Balaban J connectivity index is 1.70. The van der Waals surface area contributed by atoms with E-state index in [1.807, 2.05) is 36.6 Å². The maximum Gasteiger partial charge on any atom is 0.236 e. The monoisotopic (exact) mass is 437 g/mol. The summed E-state index contributed by atoms with van der Waals surface area (Å²) in [5.41, 5.74) is 3.65. The summed E-state index contributed by atoms with van der Waals surface area (Å²) < 4.78 is 1.88. The Morgan fingerprint density at radius 2 is 2.03 bits per heavy atom. The lowest BCUT2D eigenvalue weighted by Crippen LogP contribution is -2.14. The Hall–Kier alpha value is -3.17. The minimum Gasteiger partial charge on any atom is -0.507 e. The molecule has 0 bridgehead atoms. The summed E-state index contributed by atoms with van der Waals surface area (Å²) in [6, 6.07) is 13.1.